The number of nitrogens with zero attached hydrogens (tertiary/aromatic N) is 2. The minimum atomic E-state index is -3.07. The van der Waals surface area contributed by atoms with Crippen molar-refractivity contribution in [2.75, 3.05) is 0 Å². The van der Waals surface area contributed by atoms with Gasteiger partial charge in [0.05, 0.1) is 16.3 Å². The van der Waals surface area contributed by atoms with Crippen molar-refractivity contribution >= 4 is 17.5 Å². The Kier molecular flexibility index (Phi) is 4.93. The highest BCUT2D eigenvalue weighted by molar-refractivity contribution is 6.34. The molecule has 0 saturated heterocycles. The van der Waals surface area contributed by atoms with E-state index in [0.717, 1.165) is 22.9 Å². The van der Waals surface area contributed by atoms with Gasteiger partial charge in [0.1, 0.15) is 17.3 Å². The number of hydrogen-bond donors (Lipinski definition) is 1. The van der Waals surface area contributed by atoms with E-state index < -0.39 is 35.2 Å². The Bertz CT molecular complexity index is 1050. The first-order chi connectivity index (χ1) is 12.7. The van der Waals surface area contributed by atoms with Crippen molar-refractivity contribution in [1.82, 2.24) is 9.78 Å². The maximum atomic E-state index is 14.0. The average molecular weight is 398 g/mol. The molecule has 2 N–H and O–H groups in total. The van der Waals surface area contributed by atoms with Gasteiger partial charge in [-0.25, -0.2) is 17.6 Å². The van der Waals surface area contributed by atoms with Crippen molar-refractivity contribution in [2.24, 2.45) is 12.8 Å². The third kappa shape index (κ3) is 3.40. The molecule has 0 atom stereocenters. The van der Waals surface area contributed by atoms with E-state index in [1.807, 2.05) is 0 Å². The molecule has 27 heavy (non-hydrogen) atoms. The Morgan fingerprint density at radius 3 is 2.48 bits per heavy atom. The predicted molar refractivity (Wildman–Crippen MR) is 92.5 cm³/mol. The number of carbonyl (C=O) groups excluding carboxylic acids is 1. The molecular weight excluding hydrogens is 386 g/mol. The minimum absolute atomic E-state index is 0.0411. The first-order valence-electron chi connectivity index (χ1n) is 7.61. The van der Waals surface area contributed by atoms with E-state index in [-0.39, 0.29) is 27.4 Å². The maximum absolute atomic E-state index is 14.0. The number of halogens is 5. The second-order valence-corrected chi connectivity index (χ2v) is 6.13. The zero-order chi connectivity index (χ0) is 19.9. The van der Waals surface area contributed by atoms with E-state index >= 15 is 0 Å². The van der Waals surface area contributed by atoms with E-state index in [2.05, 4.69) is 5.10 Å². The van der Waals surface area contributed by atoms with Crippen molar-refractivity contribution in [3.8, 4) is 22.4 Å². The second kappa shape index (κ2) is 7.03. The van der Waals surface area contributed by atoms with Gasteiger partial charge in [-0.1, -0.05) is 23.7 Å². The third-order valence-electron chi connectivity index (χ3n) is 3.95. The lowest BCUT2D eigenvalue weighted by molar-refractivity contribution is 0.0985. The molecule has 4 nitrogen and oxygen atoms in total. The van der Waals surface area contributed by atoms with Crippen molar-refractivity contribution in [2.45, 2.75) is 6.43 Å². The number of hydrogen-bond acceptors (Lipinski definition) is 2. The van der Waals surface area contributed by atoms with Gasteiger partial charge in [-0.15, -0.1) is 0 Å². The first-order valence-corrected chi connectivity index (χ1v) is 7.98. The molecule has 0 fully saturated rings. The van der Waals surface area contributed by atoms with Crippen molar-refractivity contribution in [1.29, 1.82) is 0 Å². The van der Waals surface area contributed by atoms with Crippen LogP contribution in [0.5, 0.6) is 0 Å². The molecule has 1 heterocycles. The molecule has 2 aromatic carbocycles. The molecule has 0 bridgehead atoms. The first kappa shape index (κ1) is 18.9. The Morgan fingerprint density at radius 2 is 1.89 bits per heavy atom. The number of amides is 1. The fourth-order valence-electron chi connectivity index (χ4n) is 2.93. The van der Waals surface area contributed by atoms with Crippen molar-refractivity contribution in [3.05, 3.63) is 64.3 Å². The summed E-state index contributed by atoms with van der Waals surface area (Å²) in [5, 5.41) is 3.50. The van der Waals surface area contributed by atoms with Crippen LogP contribution in [0.15, 0.2) is 36.4 Å². The molecule has 0 aliphatic rings. The highest BCUT2D eigenvalue weighted by atomic mass is 35.5. The highest BCUT2D eigenvalue weighted by Gasteiger charge is 2.30. The summed E-state index contributed by atoms with van der Waals surface area (Å²) < 4.78 is 55.3. The fourth-order valence-corrected chi connectivity index (χ4v) is 3.22. The zero-order valence-electron chi connectivity index (χ0n) is 13.8. The summed E-state index contributed by atoms with van der Waals surface area (Å²) in [7, 11) is 1.32. The summed E-state index contributed by atoms with van der Waals surface area (Å²) in [6, 6.07) is 7.23. The molecule has 0 unspecified atom stereocenters. The lowest BCUT2D eigenvalue weighted by Crippen LogP contribution is -2.14. The van der Waals surface area contributed by atoms with Gasteiger partial charge in [0.15, 0.2) is 0 Å². The molecule has 3 rings (SSSR count). The molecule has 1 amide bonds. The Morgan fingerprint density at radius 1 is 1.19 bits per heavy atom. The number of rotatable bonds is 4. The van der Waals surface area contributed by atoms with Gasteiger partial charge in [-0.3, -0.25) is 9.48 Å². The molecule has 1 aromatic heterocycles. The number of aromatic nitrogens is 2. The number of carbonyl (C=O) groups is 1. The molecule has 0 spiro atoms. The van der Waals surface area contributed by atoms with Crippen LogP contribution in [0.25, 0.3) is 22.4 Å². The van der Waals surface area contributed by atoms with Crippen LogP contribution in [0.1, 0.15) is 22.5 Å². The van der Waals surface area contributed by atoms with Crippen LogP contribution in [-0.4, -0.2) is 15.7 Å². The normalized spacial score (nSPS) is 11.2. The SMILES string of the molecule is Cn1nc(C(F)F)c(C(N)=O)c1-c1c(Cl)cc(F)cc1-c1cccc(F)c1. The van der Waals surface area contributed by atoms with Gasteiger partial charge in [-0.2, -0.15) is 5.10 Å². The number of primary amides is 1. The zero-order valence-corrected chi connectivity index (χ0v) is 14.6. The van der Waals surface area contributed by atoms with Crippen LogP contribution in [0.3, 0.4) is 0 Å². The molecule has 0 aliphatic carbocycles. The van der Waals surface area contributed by atoms with Crippen LogP contribution in [0.2, 0.25) is 5.02 Å². The minimum Gasteiger partial charge on any atom is -0.365 e. The van der Waals surface area contributed by atoms with Crippen molar-refractivity contribution in [3.63, 3.8) is 0 Å². The van der Waals surface area contributed by atoms with Gasteiger partial charge in [0.25, 0.3) is 12.3 Å². The second-order valence-electron chi connectivity index (χ2n) is 5.72. The molecule has 0 radical (unpaired) electrons. The highest BCUT2D eigenvalue weighted by Crippen LogP contribution is 2.41. The van der Waals surface area contributed by atoms with Crippen LogP contribution >= 0.6 is 11.6 Å². The Balaban J connectivity index is 2.42. The van der Waals surface area contributed by atoms with Gasteiger partial charge >= 0.3 is 0 Å². The average Bonchev–Trinajstić information content (AvgIpc) is 2.92. The molecule has 3 aromatic rings. The number of aryl methyl sites for hydroxylation is 1. The summed E-state index contributed by atoms with van der Waals surface area (Å²) >= 11 is 6.18. The molecular formula is C18H12ClF4N3O. The number of alkyl halides is 2. The third-order valence-corrected chi connectivity index (χ3v) is 4.25. The summed E-state index contributed by atoms with van der Waals surface area (Å²) in [6.45, 7) is 0. The topological polar surface area (TPSA) is 60.9 Å². The largest absolute Gasteiger partial charge is 0.365 e. The van der Waals surface area contributed by atoms with Crippen LogP contribution in [0, 0.1) is 11.6 Å². The van der Waals surface area contributed by atoms with E-state index in [1.165, 1.54) is 25.2 Å². The van der Waals surface area contributed by atoms with Gasteiger partial charge in [0.2, 0.25) is 0 Å². The van der Waals surface area contributed by atoms with Crippen LogP contribution < -0.4 is 5.73 Å². The van der Waals surface area contributed by atoms with Crippen LogP contribution in [-0.2, 0) is 7.05 Å². The summed E-state index contributed by atoms with van der Waals surface area (Å²) in [5.41, 5.74) is 4.22. The summed E-state index contributed by atoms with van der Waals surface area (Å²) in [6.07, 6.45) is -3.07. The van der Waals surface area contributed by atoms with E-state index in [0.29, 0.717) is 0 Å². The number of nitrogens with two attached hydrogens (primary N) is 1. The van der Waals surface area contributed by atoms with Crippen molar-refractivity contribution < 1.29 is 22.4 Å². The standard InChI is InChI=1S/C18H12ClF4N3O/c1-26-16(14(18(24)27)15(25-26)17(22)23)13-11(6-10(21)7-12(13)19)8-3-2-4-9(20)5-8/h2-7,17H,1H3,(H2,24,27). The number of benzene rings is 2. The smallest absolute Gasteiger partial charge is 0.282 e. The van der Waals surface area contributed by atoms with Gasteiger partial charge < -0.3 is 5.73 Å². The van der Waals surface area contributed by atoms with Gasteiger partial charge in [0, 0.05) is 12.6 Å². The Hall–Kier alpha value is -2.87. The van der Waals surface area contributed by atoms with E-state index in [1.54, 1.807) is 0 Å². The quantitative estimate of drug-likeness (QED) is 0.647. The van der Waals surface area contributed by atoms with Gasteiger partial charge in [-0.05, 0) is 35.4 Å². The van der Waals surface area contributed by atoms with E-state index in [4.69, 9.17) is 17.3 Å². The molecule has 0 saturated carbocycles. The fraction of sp³-hybridized carbons (Fsp3) is 0.111. The monoisotopic (exact) mass is 397 g/mol. The molecule has 9 heteroatoms. The maximum Gasteiger partial charge on any atom is 0.282 e. The summed E-state index contributed by atoms with van der Waals surface area (Å²) in [5.74, 6) is -2.45. The summed E-state index contributed by atoms with van der Waals surface area (Å²) in [4.78, 5) is 11.9. The molecule has 140 valence electrons. The lowest BCUT2D eigenvalue weighted by atomic mass is 9.94. The Labute approximate surface area is 156 Å². The van der Waals surface area contributed by atoms with Crippen LogP contribution in [0.4, 0.5) is 17.6 Å². The molecule has 0 aliphatic heterocycles. The van der Waals surface area contributed by atoms with E-state index in [9.17, 15) is 22.4 Å². The lowest BCUT2D eigenvalue weighted by Gasteiger charge is -2.14. The predicted octanol–water partition coefficient (Wildman–Crippen LogP) is 4.72.